The highest BCUT2D eigenvalue weighted by atomic mass is 35.5. The average Bonchev–Trinajstić information content (AvgIpc) is 2.74. The minimum atomic E-state index is -0.574. The first-order chi connectivity index (χ1) is 14.8. The Labute approximate surface area is 181 Å². The van der Waals surface area contributed by atoms with Gasteiger partial charge >= 0.3 is 0 Å². The van der Waals surface area contributed by atoms with Gasteiger partial charge in [0.25, 0.3) is 11.4 Å². The van der Waals surface area contributed by atoms with E-state index in [0.717, 1.165) is 0 Å². The largest absolute Gasteiger partial charge is 0.294 e. The lowest BCUT2D eigenvalue weighted by molar-refractivity contribution is -0.385. The zero-order valence-electron chi connectivity index (χ0n) is 16.1. The van der Waals surface area contributed by atoms with Crippen LogP contribution in [0.25, 0.3) is 0 Å². The number of benzene rings is 2. The molecule has 0 N–H and O–H groups in total. The van der Waals surface area contributed by atoms with E-state index in [9.17, 15) is 29.8 Å². The van der Waals surface area contributed by atoms with Crippen molar-refractivity contribution < 1.29 is 19.4 Å². The second-order valence-electron chi connectivity index (χ2n) is 7.36. The number of nitro groups is 2. The number of nitro benzene ring substituents is 2. The van der Waals surface area contributed by atoms with Crippen molar-refractivity contribution in [2.45, 2.75) is 31.6 Å². The lowest BCUT2D eigenvalue weighted by Crippen LogP contribution is -2.40. The molecule has 9 nitrogen and oxygen atoms in total. The number of halogens is 1. The van der Waals surface area contributed by atoms with Gasteiger partial charge in [-0.1, -0.05) is 23.7 Å². The van der Waals surface area contributed by atoms with Crippen LogP contribution in [0.2, 0.25) is 5.02 Å². The molecule has 0 saturated carbocycles. The summed E-state index contributed by atoms with van der Waals surface area (Å²) in [6.07, 6.45) is 1.25. The van der Waals surface area contributed by atoms with Crippen molar-refractivity contribution in [2.24, 2.45) is 0 Å². The van der Waals surface area contributed by atoms with Crippen molar-refractivity contribution in [3.8, 4) is 0 Å². The standard InChI is InChI=1S/C21H16ClN3O6/c22-16-9-8-14(25(30)31)10-18(16)23-17-2-1-3-19(26)21(17)15(11-20(23)27)12-4-6-13(7-5-12)24(28)29/h4-10,15H,1-3,11H2. The molecular formula is C21H16ClN3O6. The van der Waals surface area contributed by atoms with Crippen LogP contribution < -0.4 is 4.90 Å². The second-order valence-corrected chi connectivity index (χ2v) is 7.77. The molecule has 2 aromatic rings. The Morgan fingerprint density at radius 1 is 0.935 bits per heavy atom. The number of hydrogen-bond donors (Lipinski definition) is 0. The number of non-ortho nitro benzene ring substituents is 2. The quantitative estimate of drug-likeness (QED) is 0.501. The normalized spacial score (nSPS) is 18.7. The summed E-state index contributed by atoms with van der Waals surface area (Å²) in [5.74, 6) is -0.993. The molecule has 1 aliphatic carbocycles. The number of carbonyl (C=O) groups is 2. The summed E-state index contributed by atoms with van der Waals surface area (Å²) in [4.78, 5) is 48.5. The van der Waals surface area contributed by atoms with E-state index >= 15 is 0 Å². The van der Waals surface area contributed by atoms with E-state index in [2.05, 4.69) is 0 Å². The van der Waals surface area contributed by atoms with Gasteiger partial charge in [-0.05, 0) is 24.5 Å². The summed E-state index contributed by atoms with van der Waals surface area (Å²) in [5.41, 5.74) is 1.45. The van der Waals surface area contributed by atoms with Crippen LogP contribution in [0.3, 0.4) is 0 Å². The molecule has 31 heavy (non-hydrogen) atoms. The van der Waals surface area contributed by atoms with Crippen LogP contribution in [0.4, 0.5) is 17.1 Å². The van der Waals surface area contributed by atoms with E-state index < -0.39 is 15.8 Å². The summed E-state index contributed by atoms with van der Waals surface area (Å²) in [6, 6.07) is 9.64. The molecule has 0 bridgehead atoms. The predicted octanol–water partition coefficient (Wildman–Crippen LogP) is 4.68. The van der Waals surface area contributed by atoms with Gasteiger partial charge in [0.05, 0.1) is 20.6 Å². The van der Waals surface area contributed by atoms with Gasteiger partial charge in [0, 0.05) is 54.3 Å². The van der Waals surface area contributed by atoms with Gasteiger partial charge in [-0.25, -0.2) is 0 Å². The van der Waals surface area contributed by atoms with E-state index in [1.54, 1.807) is 12.1 Å². The fraction of sp³-hybridized carbons (Fsp3) is 0.238. The number of anilines is 1. The van der Waals surface area contributed by atoms with Gasteiger partial charge in [0.1, 0.15) is 0 Å². The highest BCUT2D eigenvalue weighted by Crippen LogP contribution is 2.45. The van der Waals surface area contributed by atoms with E-state index in [0.29, 0.717) is 36.1 Å². The molecular weight excluding hydrogens is 426 g/mol. The zero-order chi connectivity index (χ0) is 22.3. The number of carbonyl (C=O) groups excluding carboxylic acids is 2. The Morgan fingerprint density at radius 3 is 2.23 bits per heavy atom. The molecule has 1 aliphatic heterocycles. The number of nitrogens with zero attached hydrogens (tertiary/aromatic N) is 3. The monoisotopic (exact) mass is 441 g/mol. The van der Waals surface area contributed by atoms with Crippen LogP contribution in [0.1, 0.15) is 37.2 Å². The Hall–Kier alpha value is -3.59. The molecule has 1 atom stereocenters. The first-order valence-electron chi connectivity index (χ1n) is 9.55. The van der Waals surface area contributed by atoms with Crippen molar-refractivity contribution in [1.82, 2.24) is 0 Å². The molecule has 1 amide bonds. The molecule has 1 unspecified atom stereocenters. The van der Waals surface area contributed by atoms with Crippen molar-refractivity contribution in [1.29, 1.82) is 0 Å². The van der Waals surface area contributed by atoms with Gasteiger partial charge in [-0.3, -0.25) is 34.7 Å². The third-order valence-corrected chi connectivity index (χ3v) is 5.88. The number of amides is 1. The molecule has 0 aromatic heterocycles. The number of rotatable bonds is 4. The smallest absolute Gasteiger partial charge is 0.271 e. The molecule has 0 spiro atoms. The average molecular weight is 442 g/mol. The summed E-state index contributed by atoms with van der Waals surface area (Å²) >= 11 is 6.28. The minimum absolute atomic E-state index is 0.0542. The second kappa shape index (κ2) is 7.92. The lowest BCUT2D eigenvalue weighted by Gasteiger charge is -2.38. The molecule has 0 saturated heterocycles. The van der Waals surface area contributed by atoms with Gasteiger partial charge < -0.3 is 0 Å². The number of Topliss-reactive ketones (excluding diaryl/α,β-unsaturated/α-hetero) is 1. The summed E-state index contributed by atoms with van der Waals surface area (Å²) < 4.78 is 0. The topological polar surface area (TPSA) is 124 Å². The Balaban J connectivity index is 1.85. The Bertz CT molecular complexity index is 1160. The fourth-order valence-corrected chi connectivity index (χ4v) is 4.37. The molecule has 4 rings (SSSR count). The highest BCUT2D eigenvalue weighted by Gasteiger charge is 2.40. The minimum Gasteiger partial charge on any atom is -0.294 e. The molecule has 0 fully saturated rings. The zero-order valence-corrected chi connectivity index (χ0v) is 16.9. The number of allylic oxidation sites excluding steroid dienone is 2. The maximum Gasteiger partial charge on any atom is 0.271 e. The summed E-state index contributed by atoms with van der Waals surface area (Å²) in [7, 11) is 0. The van der Waals surface area contributed by atoms with Gasteiger partial charge in [-0.2, -0.15) is 0 Å². The molecule has 2 aromatic carbocycles. The maximum absolute atomic E-state index is 13.2. The van der Waals surface area contributed by atoms with E-state index in [4.69, 9.17) is 11.6 Å². The molecule has 10 heteroatoms. The van der Waals surface area contributed by atoms with Crippen LogP contribution in [0.15, 0.2) is 53.7 Å². The van der Waals surface area contributed by atoms with Gasteiger partial charge in [0.15, 0.2) is 5.78 Å². The first kappa shape index (κ1) is 20.7. The fourth-order valence-electron chi connectivity index (χ4n) is 4.17. The van der Waals surface area contributed by atoms with Gasteiger partial charge in [0.2, 0.25) is 5.91 Å². The van der Waals surface area contributed by atoms with Crippen LogP contribution >= 0.6 is 11.6 Å². The van der Waals surface area contributed by atoms with Crippen LogP contribution in [-0.2, 0) is 9.59 Å². The Kier molecular flexibility index (Phi) is 5.28. The van der Waals surface area contributed by atoms with Crippen LogP contribution in [0.5, 0.6) is 0 Å². The molecule has 158 valence electrons. The van der Waals surface area contributed by atoms with E-state index in [1.165, 1.54) is 35.2 Å². The first-order valence-corrected chi connectivity index (χ1v) is 9.93. The lowest BCUT2D eigenvalue weighted by atomic mass is 9.77. The molecule has 2 aliphatic rings. The third kappa shape index (κ3) is 3.68. The SMILES string of the molecule is O=C1CCCC2=C1C(c1ccc([N+](=O)[O-])cc1)CC(=O)N2c1cc([N+](=O)[O-])ccc1Cl. The van der Waals surface area contributed by atoms with Crippen molar-refractivity contribution >= 4 is 40.4 Å². The van der Waals surface area contributed by atoms with Crippen molar-refractivity contribution in [3.63, 3.8) is 0 Å². The molecule has 0 radical (unpaired) electrons. The summed E-state index contributed by atoms with van der Waals surface area (Å²) in [6.45, 7) is 0. The van der Waals surface area contributed by atoms with Crippen LogP contribution in [0, 0.1) is 20.2 Å². The number of hydrogen-bond acceptors (Lipinski definition) is 6. The predicted molar refractivity (Wildman–Crippen MR) is 112 cm³/mol. The molecule has 1 heterocycles. The van der Waals surface area contributed by atoms with Crippen molar-refractivity contribution in [3.05, 3.63) is 84.5 Å². The van der Waals surface area contributed by atoms with Crippen molar-refractivity contribution in [2.75, 3.05) is 4.90 Å². The highest BCUT2D eigenvalue weighted by molar-refractivity contribution is 6.34. The maximum atomic E-state index is 13.2. The third-order valence-electron chi connectivity index (χ3n) is 5.56. The van der Waals surface area contributed by atoms with E-state index in [1.807, 2.05) is 0 Å². The van der Waals surface area contributed by atoms with E-state index in [-0.39, 0.29) is 40.2 Å². The van der Waals surface area contributed by atoms with Crippen LogP contribution in [-0.4, -0.2) is 21.5 Å². The number of ketones is 1. The van der Waals surface area contributed by atoms with Gasteiger partial charge in [-0.15, -0.1) is 0 Å². The Morgan fingerprint density at radius 2 is 1.58 bits per heavy atom. The summed E-state index contributed by atoms with van der Waals surface area (Å²) in [5, 5.41) is 22.3.